The molecule has 0 aliphatic heterocycles. The molecule has 0 aliphatic rings. The number of carbonyl (C=O) groups is 1. The third-order valence-electron chi connectivity index (χ3n) is 2.54. The van der Waals surface area contributed by atoms with Crippen molar-refractivity contribution in [1.29, 1.82) is 0 Å². The number of thiophene rings is 1. The molecule has 0 amide bonds. The zero-order valence-corrected chi connectivity index (χ0v) is 12.2. The van der Waals surface area contributed by atoms with Crippen LogP contribution in [0.4, 0.5) is 0 Å². The number of nitrogens with zero attached hydrogens (tertiary/aromatic N) is 1. The van der Waals surface area contributed by atoms with Gasteiger partial charge in [-0.1, -0.05) is 12.1 Å². The van der Waals surface area contributed by atoms with Crippen LogP contribution in [0, 0.1) is 2.88 Å². The topological polar surface area (TPSA) is 43.1 Å². The summed E-state index contributed by atoms with van der Waals surface area (Å²) in [6.45, 7) is 0. The molecule has 0 saturated carbocycles. The second kappa shape index (κ2) is 4.81. The Balaban J connectivity index is 1.86. The van der Waals surface area contributed by atoms with Gasteiger partial charge in [0, 0.05) is 10.9 Å². The molecule has 0 unspecified atom stereocenters. The lowest BCUT2D eigenvalue weighted by molar-refractivity contribution is 0.0986. The van der Waals surface area contributed by atoms with E-state index in [1.54, 1.807) is 11.3 Å². The van der Waals surface area contributed by atoms with Crippen molar-refractivity contribution in [3.63, 3.8) is 0 Å². The van der Waals surface area contributed by atoms with Crippen LogP contribution in [0.25, 0.3) is 11.1 Å². The van der Waals surface area contributed by atoms with Crippen LogP contribution in [0.2, 0.25) is 0 Å². The van der Waals surface area contributed by atoms with Crippen molar-refractivity contribution in [1.82, 2.24) is 4.98 Å². The fourth-order valence-corrected chi connectivity index (χ4v) is 3.04. The Morgan fingerprint density at radius 1 is 1.39 bits per heavy atom. The molecule has 0 fully saturated rings. The molecule has 0 bridgehead atoms. The predicted octanol–water partition coefficient (Wildman–Crippen LogP) is 3.92. The lowest BCUT2D eigenvalue weighted by Gasteiger charge is -1.92. The first-order chi connectivity index (χ1) is 8.72. The minimum atomic E-state index is 0.0423. The number of ketones is 1. The maximum Gasteiger partial charge on any atom is 0.203 e. The summed E-state index contributed by atoms with van der Waals surface area (Å²) in [5.74, 6) is 0.517. The van der Waals surface area contributed by atoms with E-state index in [4.69, 9.17) is 4.42 Å². The van der Waals surface area contributed by atoms with Gasteiger partial charge in [-0.05, 0) is 40.8 Å². The predicted molar refractivity (Wildman–Crippen MR) is 79.1 cm³/mol. The number of aromatic nitrogens is 1. The number of oxazole rings is 1. The van der Waals surface area contributed by atoms with Gasteiger partial charge in [-0.3, -0.25) is 4.79 Å². The summed E-state index contributed by atoms with van der Waals surface area (Å²) >= 11 is 3.77. The number of hydrogen-bond acceptors (Lipinski definition) is 4. The summed E-state index contributed by atoms with van der Waals surface area (Å²) in [5.41, 5.74) is 2.24. The fourth-order valence-electron chi connectivity index (χ4n) is 1.69. The van der Waals surface area contributed by atoms with E-state index in [0.717, 1.165) is 19.5 Å². The third kappa shape index (κ3) is 2.32. The van der Waals surface area contributed by atoms with E-state index in [-0.39, 0.29) is 12.2 Å². The van der Waals surface area contributed by atoms with Crippen LogP contribution in [0.15, 0.2) is 40.1 Å². The molecule has 2 heterocycles. The van der Waals surface area contributed by atoms with E-state index in [2.05, 4.69) is 27.6 Å². The minimum absolute atomic E-state index is 0.0423. The van der Waals surface area contributed by atoms with Gasteiger partial charge in [0.05, 0.1) is 9.30 Å². The molecule has 90 valence electrons. The molecule has 2 aromatic heterocycles. The molecule has 3 nitrogen and oxygen atoms in total. The standard InChI is InChI=1S/C13H8INO2S/c14-12-5-8(7-18-12)10(16)6-13-15-9-3-1-2-4-11(9)17-13/h1-5,7H,6H2. The number of halogens is 1. The van der Waals surface area contributed by atoms with Crippen molar-refractivity contribution in [2.45, 2.75) is 6.42 Å². The van der Waals surface area contributed by atoms with Gasteiger partial charge in [0.15, 0.2) is 11.4 Å². The molecule has 0 spiro atoms. The van der Waals surface area contributed by atoms with Gasteiger partial charge in [-0.2, -0.15) is 0 Å². The Morgan fingerprint density at radius 3 is 2.94 bits per heavy atom. The van der Waals surface area contributed by atoms with Gasteiger partial charge in [0.2, 0.25) is 5.89 Å². The number of rotatable bonds is 3. The molecule has 3 aromatic rings. The lowest BCUT2D eigenvalue weighted by atomic mass is 10.2. The highest BCUT2D eigenvalue weighted by molar-refractivity contribution is 14.1. The van der Waals surface area contributed by atoms with E-state index in [1.165, 1.54) is 0 Å². The summed E-state index contributed by atoms with van der Waals surface area (Å²) in [7, 11) is 0. The molecular formula is C13H8INO2S. The van der Waals surface area contributed by atoms with Crippen LogP contribution in [0.5, 0.6) is 0 Å². The van der Waals surface area contributed by atoms with Crippen LogP contribution >= 0.6 is 33.9 Å². The molecule has 5 heteroatoms. The minimum Gasteiger partial charge on any atom is -0.440 e. The molecule has 1 aromatic carbocycles. The van der Waals surface area contributed by atoms with Crippen molar-refractivity contribution in [3.8, 4) is 0 Å². The monoisotopic (exact) mass is 369 g/mol. The summed E-state index contributed by atoms with van der Waals surface area (Å²) in [6.07, 6.45) is 0.210. The highest BCUT2D eigenvalue weighted by atomic mass is 127. The van der Waals surface area contributed by atoms with Crippen LogP contribution in [-0.4, -0.2) is 10.8 Å². The number of carbonyl (C=O) groups excluding carboxylic acids is 1. The van der Waals surface area contributed by atoms with Crippen LogP contribution in [0.1, 0.15) is 16.2 Å². The second-order valence-electron chi connectivity index (χ2n) is 3.81. The second-order valence-corrected chi connectivity index (χ2v) is 6.62. The number of fused-ring (bicyclic) bond motifs is 1. The summed E-state index contributed by atoms with van der Waals surface area (Å²) < 4.78 is 6.64. The zero-order chi connectivity index (χ0) is 12.5. The molecule has 0 radical (unpaired) electrons. The Bertz CT molecular complexity index is 683. The molecule has 0 N–H and O–H groups in total. The molecule has 0 aliphatic carbocycles. The van der Waals surface area contributed by atoms with E-state index in [1.807, 2.05) is 35.7 Å². The highest BCUT2D eigenvalue weighted by Gasteiger charge is 2.13. The van der Waals surface area contributed by atoms with E-state index in [9.17, 15) is 4.79 Å². The molecule has 0 saturated heterocycles. The molecule has 0 atom stereocenters. The quantitative estimate of drug-likeness (QED) is 0.519. The van der Waals surface area contributed by atoms with Gasteiger partial charge in [0.25, 0.3) is 0 Å². The summed E-state index contributed by atoms with van der Waals surface area (Å²) in [6, 6.07) is 9.40. The van der Waals surface area contributed by atoms with Crippen LogP contribution in [0.3, 0.4) is 0 Å². The smallest absolute Gasteiger partial charge is 0.203 e. The van der Waals surface area contributed by atoms with Crippen molar-refractivity contribution in [3.05, 3.63) is 50.0 Å². The third-order valence-corrected chi connectivity index (χ3v) is 4.33. The van der Waals surface area contributed by atoms with E-state index < -0.39 is 0 Å². The molecular weight excluding hydrogens is 361 g/mol. The Labute approximate surface area is 121 Å². The maximum atomic E-state index is 12.0. The van der Waals surface area contributed by atoms with Crippen molar-refractivity contribution in [2.24, 2.45) is 0 Å². The lowest BCUT2D eigenvalue weighted by Crippen LogP contribution is -2.02. The first kappa shape index (κ1) is 11.9. The van der Waals surface area contributed by atoms with Gasteiger partial charge in [-0.25, -0.2) is 4.98 Å². The highest BCUT2D eigenvalue weighted by Crippen LogP contribution is 2.20. The first-order valence-corrected chi connectivity index (χ1v) is 7.30. The van der Waals surface area contributed by atoms with E-state index in [0.29, 0.717) is 5.89 Å². The van der Waals surface area contributed by atoms with Gasteiger partial charge in [0.1, 0.15) is 5.52 Å². The fraction of sp³-hybridized carbons (Fsp3) is 0.0769. The largest absolute Gasteiger partial charge is 0.440 e. The Hall–Kier alpha value is -1.21. The Kier molecular flexibility index (Phi) is 3.17. The van der Waals surface area contributed by atoms with Crippen molar-refractivity contribution < 1.29 is 9.21 Å². The zero-order valence-electron chi connectivity index (χ0n) is 9.22. The van der Waals surface area contributed by atoms with Gasteiger partial charge < -0.3 is 4.42 Å². The van der Waals surface area contributed by atoms with Gasteiger partial charge in [-0.15, -0.1) is 11.3 Å². The van der Waals surface area contributed by atoms with Crippen molar-refractivity contribution >= 4 is 50.8 Å². The SMILES string of the molecule is O=C(Cc1nc2ccccc2o1)c1csc(I)c1. The molecule has 3 rings (SSSR count). The average molecular weight is 369 g/mol. The number of para-hydroxylation sites is 2. The number of hydrogen-bond donors (Lipinski definition) is 0. The summed E-state index contributed by atoms with van der Waals surface area (Å²) in [4.78, 5) is 16.3. The van der Waals surface area contributed by atoms with Crippen molar-refractivity contribution in [2.75, 3.05) is 0 Å². The molecule has 18 heavy (non-hydrogen) atoms. The maximum absolute atomic E-state index is 12.0. The average Bonchev–Trinajstić information content (AvgIpc) is 2.94. The normalized spacial score (nSPS) is 10.9. The van der Waals surface area contributed by atoms with Gasteiger partial charge >= 0.3 is 0 Å². The number of Topliss-reactive ketones (excluding diaryl/α,β-unsaturated/α-hetero) is 1. The van der Waals surface area contributed by atoms with Crippen LogP contribution < -0.4 is 0 Å². The summed E-state index contributed by atoms with van der Waals surface area (Å²) in [5, 5.41) is 1.87. The van der Waals surface area contributed by atoms with E-state index >= 15 is 0 Å². The first-order valence-electron chi connectivity index (χ1n) is 5.34. The Morgan fingerprint density at radius 2 is 2.22 bits per heavy atom. The number of benzene rings is 1. The van der Waals surface area contributed by atoms with Crippen LogP contribution in [-0.2, 0) is 6.42 Å².